The minimum absolute atomic E-state index is 0.168. The first-order valence-corrected chi connectivity index (χ1v) is 6.64. The van der Waals surface area contributed by atoms with Crippen LogP contribution in [-0.2, 0) is 11.2 Å². The zero-order valence-corrected chi connectivity index (χ0v) is 12.5. The highest BCUT2D eigenvalue weighted by atomic mass is 35.6. The molecule has 0 aliphatic carbocycles. The summed E-state index contributed by atoms with van der Waals surface area (Å²) in [5.41, 5.74) is 0.923. The van der Waals surface area contributed by atoms with Crippen LogP contribution in [0.2, 0.25) is 0 Å². The van der Waals surface area contributed by atoms with Gasteiger partial charge < -0.3 is 10.2 Å². The third-order valence-electron chi connectivity index (χ3n) is 2.42. The van der Waals surface area contributed by atoms with Crippen molar-refractivity contribution < 1.29 is 9.69 Å². The zero-order chi connectivity index (χ0) is 13.8. The Bertz CT molecular complexity index is 390. The van der Waals surface area contributed by atoms with Crippen LogP contribution < -0.4 is 10.2 Å². The third-order valence-corrected chi connectivity index (χ3v) is 3.07. The number of hydrogen-bond acceptors (Lipinski definition) is 1. The van der Waals surface area contributed by atoms with Gasteiger partial charge in [-0.15, -0.1) is 0 Å². The minimum atomic E-state index is -1.54. The van der Waals surface area contributed by atoms with Gasteiger partial charge >= 0.3 is 0 Å². The number of halogens is 3. The maximum atomic E-state index is 11.9. The number of hydrogen-bond donors (Lipinski definition) is 2. The van der Waals surface area contributed by atoms with Gasteiger partial charge in [0.25, 0.3) is 3.79 Å². The van der Waals surface area contributed by atoms with Gasteiger partial charge in [0.05, 0.1) is 20.5 Å². The molecule has 1 aromatic rings. The van der Waals surface area contributed by atoms with E-state index in [0.29, 0.717) is 0 Å². The van der Waals surface area contributed by atoms with Gasteiger partial charge in [0.2, 0.25) is 12.1 Å². The number of quaternary nitrogens is 1. The second-order valence-corrected chi connectivity index (χ2v) is 6.65. The van der Waals surface area contributed by atoms with Crippen LogP contribution in [0.25, 0.3) is 0 Å². The molecule has 0 saturated carbocycles. The fourth-order valence-corrected chi connectivity index (χ4v) is 2.37. The molecule has 6 heteroatoms. The van der Waals surface area contributed by atoms with Crippen molar-refractivity contribution in [3.8, 4) is 0 Å². The maximum Gasteiger partial charge on any atom is 0.262 e. The molecule has 0 aliphatic rings. The molecule has 0 saturated heterocycles. The van der Waals surface area contributed by atoms with Crippen LogP contribution in [0, 0.1) is 0 Å². The number of amides is 1. The Balaban J connectivity index is 2.63. The summed E-state index contributed by atoms with van der Waals surface area (Å²) in [5.74, 6) is -0.168. The molecule has 0 unspecified atom stereocenters. The van der Waals surface area contributed by atoms with Crippen molar-refractivity contribution in [3.63, 3.8) is 0 Å². The summed E-state index contributed by atoms with van der Waals surface area (Å²) in [6.45, 7) is 0. The molecule has 1 amide bonds. The van der Waals surface area contributed by atoms with Crippen LogP contribution in [0.15, 0.2) is 30.3 Å². The topological polar surface area (TPSA) is 33.5 Å². The molecule has 100 valence electrons. The van der Waals surface area contributed by atoms with E-state index in [0.717, 1.165) is 10.5 Å². The van der Waals surface area contributed by atoms with Crippen molar-refractivity contribution in [2.45, 2.75) is 16.4 Å². The quantitative estimate of drug-likeness (QED) is 0.636. The third kappa shape index (κ3) is 5.02. The Morgan fingerprint density at radius 2 is 1.83 bits per heavy atom. The molecule has 3 nitrogen and oxygen atoms in total. The Hall–Kier alpha value is -0.480. The Morgan fingerprint density at radius 1 is 1.28 bits per heavy atom. The molecule has 0 aromatic heterocycles. The molecule has 0 aliphatic heterocycles. The normalized spacial score (nSPS) is 13.4. The van der Waals surface area contributed by atoms with Crippen LogP contribution in [0.4, 0.5) is 0 Å². The number of alkyl halides is 3. The van der Waals surface area contributed by atoms with E-state index in [1.807, 2.05) is 44.4 Å². The predicted octanol–water partition coefficient (Wildman–Crippen LogP) is 1.19. The van der Waals surface area contributed by atoms with Crippen LogP contribution >= 0.6 is 34.8 Å². The van der Waals surface area contributed by atoms with E-state index in [2.05, 4.69) is 5.32 Å². The molecule has 18 heavy (non-hydrogen) atoms. The second-order valence-electron chi connectivity index (χ2n) is 4.28. The van der Waals surface area contributed by atoms with E-state index in [-0.39, 0.29) is 12.3 Å². The van der Waals surface area contributed by atoms with Gasteiger partial charge in [-0.05, 0) is 5.56 Å². The lowest BCUT2D eigenvalue weighted by molar-refractivity contribution is -0.887. The van der Waals surface area contributed by atoms with Crippen molar-refractivity contribution in [1.82, 2.24) is 5.32 Å². The Labute approximate surface area is 122 Å². The van der Waals surface area contributed by atoms with E-state index in [4.69, 9.17) is 34.8 Å². The van der Waals surface area contributed by atoms with Crippen LogP contribution in [0.1, 0.15) is 5.56 Å². The molecule has 0 spiro atoms. The lowest BCUT2D eigenvalue weighted by Gasteiger charge is -2.27. The Kier molecular flexibility index (Phi) is 5.73. The first-order chi connectivity index (χ1) is 8.30. The molecule has 2 N–H and O–H groups in total. The summed E-state index contributed by atoms with van der Waals surface area (Å²) in [6, 6.07) is 9.42. The minimum Gasteiger partial charge on any atom is -0.317 e. The van der Waals surface area contributed by atoms with E-state index in [1.165, 1.54) is 0 Å². The molecular formula is C12H16Cl3N2O+. The predicted molar refractivity (Wildman–Crippen MR) is 75.2 cm³/mol. The standard InChI is InChI=1S/C12H15Cl3N2O/c1-17(2)11(12(13,14)15)16-10(18)8-9-6-4-3-5-7-9/h3-7,11H,8H2,1-2H3,(H,16,18)/p+1/t11-/m0/s1. The number of rotatable bonds is 4. The first-order valence-electron chi connectivity index (χ1n) is 5.50. The molecule has 1 aromatic carbocycles. The summed E-state index contributed by atoms with van der Waals surface area (Å²) in [5, 5.41) is 2.73. The van der Waals surface area contributed by atoms with Crippen LogP contribution in [0.5, 0.6) is 0 Å². The largest absolute Gasteiger partial charge is 0.317 e. The highest BCUT2D eigenvalue weighted by Crippen LogP contribution is 2.27. The van der Waals surface area contributed by atoms with Crippen molar-refractivity contribution in [3.05, 3.63) is 35.9 Å². The van der Waals surface area contributed by atoms with Crippen molar-refractivity contribution in [1.29, 1.82) is 0 Å². The molecular weight excluding hydrogens is 295 g/mol. The first kappa shape index (κ1) is 15.6. The van der Waals surface area contributed by atoms with Gasteiger partial charge in [-0.25, -0.2) is 0 Å². The highest BCUT2D eigenvalue weighted by molar-refractivity contribution is 6.68. The fraction of sp³-hybridized carbons (Fsp3) is 0.417. The van der Waals surface area contributed by atoms with Crippen molar-refractivity contribution in [2.75, 3.05) is 14.1 Å². The van der Waals surface area contributed by atoms with Gasteiger partial charge in [-0.2, -0.15) is 0 Å². The number of carbonyl (C=O) groups excluding carboxylic acids is 1. The lowest BCUT2D eigenvalue weighted by Crippen LogP contribution is -3.14. The monoisotopic (exact) mass is 309 g/mol. The second kappa shape index (κ2) is 6.62. The average molecular weight is 311 g/mol. The summed E-state index contributed by atoms with van der Waals surface area (Å²) in [7, 11) is 3.63. The number of carbonyl (C=O) groups is 1. The zero-order valence-electron chi connectivity index (χ0n) is 10.2. The molecule has 1 atom stereocenters. The average Bonchev–Trinajstić information content (AvgIpc) is 2.25. The summed E-state index contributed by atoms with van der Waals surface area (Å²) >= 11 is 17.5. The maximum absolute atomic E-state index is 11.9. The van der Waals surface area contributed by atoms with Gasteiger partial charge in [0.1, 0.15) is 0 Å². The summed E-state index contributed by atoms with van der Waals surface area (Å²) in [6.07, 6.45) is -0.315. The van der Waals surface area contributed by atoms with E-state index < -0.39 is 9.96 Å². The van der Waals surface area contributed by atoms with Crippen LogP contribution in [0.3, 0.4) is 0 Å². The number of benzene rings is 1. The SMILES string of the molecule is C[NH+](C)[C@H](NC(=O)Cc1ccccc1)C(Cl)(Cl)Cl. The van der Waals surface area contributed by atoms with E-state index in [9.17, 15) is 4.79 Å². The van der Waals surface area contributed by atoms with Gasteiger partial charge in [0, 0.05) is 0 Å². The highest BCUT2D eigenvalue weighted by Gasteiger charge is 2.39. The molecule has 0 fully saturated rings. The van der Waals surface area contributed by atoms with Gasteiger partial charge in [-0.3, -0.25) is 4.79 Å². The smallest absolute Gasteiger partial charge is 0.262 e. The van der Waals surface area contributed by atoms with Gasteiger partial charge in [0.15, 0.2) is 0 Å². The van der Waals surface area contributed by atoms with Crippen molar-refractivity contribution >= 4 is 40.7 Å². The molecule has 0 bridgehead atoms. The summed E-state index contributed by atoms with van der Waals surface area (Å²) < 4.78 is -1.54. The van der Waals surface area contributed by atoms with E-state index >= 15 is 0 Å². The van der Waals surface area contributed by atoms with E-state index in [1.54, 1.807) is 0 Å². The molecule has 0 heterocycles. The summed E-state index contributed by atoms with van der Waals surface area (Å²) in [4.78, 5) is 12.7. The van der Waals surface area contributed by atoms with Gasteiger partial charge in [-0.1, -0.05) is 65.1 Å². The Morgan fingerprint density at radius 3 is 2.28 bits per heavy atom. The molecule has 1 rings (SSSR count). The van der Waals surface area contributed by atoms with Crippen molar-refractivity contribution in [2.24, 2.45) is 0 Å². The fourth-order valence-electron chi connectivity index (χ4n) is 1.55. The number of nitrogens with one attached hydrogen (secondary N) is 2. The van der Waals surface area contributed by atoms with Crippen LogP contribution in [-0.4, -0.2) is 30.0 Å². The molecule has 0 radical (unpaired) electrons. The lowest BCUT2D eigenvalue weighted by atomic mass is 10.1.